The molecule has 0 bridgehead atoms. The number of aromatic nitrogens is 3. The van der Waals surface area contributed by atoms with Crippen LogP contribution in [0.5, 0.6) is 0 Å². The van der Waals surface area contributed by atoms with Crippen LogP contribution >= 0.6 is 24.0 Å². The minimum atomic E-state index is -3.58. The number of piperazine rings is 1. The number of hydrogen-bond acceptors (Lipinski definition) is 6. The molecule has 2 aromatic heterocycles. The standard InChI is InChI=1S/C15H21ClN6O2S.ClH/c1-11-14(16)15-18-8-13(10-22(15)19-11)25(23,24)21-5-2-12(9-21)20-6-3-17-4-7-20;/h8,10,12,17H,2-7,9H2,1H3;1H. The van der Waals surface area contributed by atoms with Crippen LogP contribution in [-0.4, -0.2) is 77.5 Å². The predicted molar refractivity (Wildman–Crippen MR) is 102 cm³/mol. The Morgan fingerprint density at radius 1 is 1.27 bits per heavy atom. The molecule has 2 aromatic rings. The lowest BCUT2D eigenvalue weighted by Gasteiger charge is -2.32. The quantitative estimate of drug-likeness (QED) is 0.789. The van der Waals surface area contributed by atoms with Crippen LogP contribution in [0.4, 0.5) is 0 Å². The minimum absolute atomic E-state index is 0. The first-order chi connectivity index (χ1) is 12.0. The highest BCUT2D eigenvalue weighted by Crippen LogP contribution is 2.25. The number of rotatable bonds is 3. The molecule has 144 valence electrons. The number of nitrogens with one attached hydrogen (secondary N) is 1. The van der Waals surface area contributed by atoms with Gasteiger partial charge < -0.3 is 5.32 Å². The zero-order chi connectivity index (χ0) is 17.6. The van der Waals surface area contributed by atoms with E-state index in [2.05, 4.69) is 20.3 Å². The maximum absolute atomic E-state index is 13.0. The Hall–Kier alpha value is -0.970. The molecule has 4 rings (SSSR count). The lowest BCUT2D eigenvalue weighted by molar-refractivity contribution is 0.179. The van der Waals surface area contributed by atoms with E-state index in [1.807, 2.05) is 0 Å². The summed E-state index contributed by atoms with van der Waals surface area (Å²) in [6, 6.07) is 0.287. The molecule has 1 atom stereocenters. The van der Waals surface area contributed by atoms with Gasteiger partial charge in [-0.2, -0.15) is 9.40 Å². The molecule has 2 aliphatic heterocycles. The molecule has 0 saturated carbocycles. The summed E-state index contributed by atoms with van der Waals surface area (Å²) in [6.45, 7) is 6.69. The molecule has 2 aliphatic rings. The van der Waals surface area contributed by atoms with E-state index in [9.17, 15) is 8.42 Å². The molecule has 0 amide bonds. The molecule has 1 N–H and O–H groups in total. The Labute approximate surface area is 164 Å². The van der Waals surface area contributed by atoms with Crippen molar-refractivity contribution in [3.05, 3.63) is 23.1 Å². The molecule has 0 spiro atoms. The van der Waals surface area contributed by atoms with Crippen molar-refractivity contribution in [2.75, 3.05) is 39.3 Å². The van der Waals surface area contributed by atoms with Crippen molar-refractivity contribution in [3.63, 3.8) is 0 Å². The fourth-order valence-electron chi connectivity index (χ4n) is 3.56. The Morgan fingerprint density at radius 2 is 2.00 bits per heavy atom. The van der Waals surface area contributed by atoms with E-state index < -0.39 is 10.0 Å². The number of nitrogens with zero attached hydrogens (tertiary/aromatic N) is 5. The fraction of sp³-hybridized carbons (Fsp3) is 0.600. The van der Waals surface area contributed by atoms with Crippen LogP contribution in [0.1, 0.15) is 12.1 Å². The molecular formula is C15H22Cl2N6O2S. The van der Waals surface area contributed by atoms with Crippen LogP contribution < -0.4 is 5.32 Å². The normalized spacial score (nSPS) is 22.6. The van der Waals surface area contributed by atoms with Crippen molar-refractivity contribution < 1.29 is 8.42 Å². The average Bonchev–Trinajstić information content (AvgIpc) is 3.22. The molecule has 0 radical (unpaired) electrons. The van der Waals surface area contributed by atoms with Gasteiger partial charge >= 0.3 is 0 Å². The molecule has 4 heterocycles. The van der Waals surface area contributed by atoms with Crippen molar-refractivity contribution in [2.45, 2.75) is 24.3 Å². The van der Waals surface area contributed by atoms with Crippen molar-refractivity contribution in [3.8, 4) is 0 Å². The zero-order valence-corrected chi connectivity index (χ0v) is 16.8. The summed E-state index contributed by atoms with van der Waals surface area (Å²) in [5.41, 5.74) is 1.10. The molecule has 11 heteroatoms. The molecular weight excluding hydrogens is 399 g/mol. The second kappa shape index (κ2) is 7.57. The van der Waals surface area contributed by atoms with E-state index in [1.165, 1.54) is 16.9 Å². The summed E-state index contributed by atoms with van der Waals surface area (Å²) in [7, 11) is -3.58. The van der Waals surface area contributed by atoms with Crippen molar-refractivity contribution in [1.82, 2.24) is 29.1 Å². The van der Waals surface area contributed by atoms with E-state index in [1.54, 1.807) is 11.2 Å². The summed E-state index contributed by atoms with van der Waals surface area (Å²) >= 11 is 6.12. The van der Waals surface area contributed by atoms with Gasteiger partial charge in [0.1, 0.15) is 9.92 Å². The van der Waals surface area contributed by atoms with Crippen LogP contribution in [-0.2, 0) is 10.0 Å². The number of halogens is 2. The first kappa shape index (κ1) is 19.8. The zero-order valence-electron chi connectivity index (χ0n) is 14.4. The maximum atomic E-state index is 13.0. The van der Waals surface area contributed by atoms with Gasteiger partial charge in [0.25, 0.3) is 0 Å². The van der Waals surface area contributed by atoms with Gasteiger partial charge in [-0.1, -0.05) is 11.6 Å². The lowest BCUT2D eigenvalue weighted by atomic mass is 10.2. The summed E-state index contributed by atoms with van der Waals surface area (Å²) in [6.07, 6.45) is 3.73. The Kier molecular flexibility index (Phi) is 5.76. The van der Waals surface area contributed by atoms with E-state index in [0.29, 0.717) is 29.5 Å². The Morgan fingerprint density at radius 3 is 2.73 bits per heavy atom. The SMILES string of the molecule is Cc1nn2cc(S(=O)(=O)N3CCC(N4CCNCC4)C3)cnc2c1Cl.Cl. The van der Waals surface area contributed by atoms with Crippen LogP contribution in [0.3, 0.4) is 0 Å². The maximum Gasteiger partial charge on any atom is 0.246 e. The molecule has 2 saturated heterocycles. The first-order valence-electron chi connectivity index (χ1n) is 8.42. The van der Waals surface area contributed by atoms with Gasteiger partial charge in [0.2, 0.25) is 10.0 Å². The summed E-state index contributed by atoms with van der Waals surface area (Å²) in [4.78, 5) is 6.72. The van der Waals surface area contributed by atoms with Crippen LogP contribution in [0, 0.1) is 6.92 Å². The summed E-state index contributed by atoms with van der Waals surface area (Å²) in [5.74, 6) is 0. The number of hydrogen-bond donors (Lipinski definition) is 1. The molecule has 2 fully saturated rings. The highest BCUT2D eigenvalue weighted by molar-refractivity contribution is 7.89. The van der Waals surface area contributed by atoms with Gasteiger partial charge in [-0.15, -0.1) is 12.4 Å². The monoisotopic (exact) mass is 420 g/mol. The van der Waals surface area contributed by atoms with Gasteiger partial charge in [-0.25, -0.2) is 17.9 Å². The average molecular weight is 421 g/mol. The van der Waals surface area contributed by atoms with E-state index >= 15 is 0 Å². The number of sulfonamides is 1. The molecule has 8 nitrogen and oxygen atoms in total. The van der Waals surface area contributed by atoms with E-state index in [-0.39, 0.29) is 23.3 Å². The first-order valence-corrected chi connectivity index (χ1v) is 10.2. The fourth-order valence-corrected chi connectivity index (χ4v) is 5.16. The van der Waals surface area contributed by atoms with Gasteiger partial charge in [-0.05, 0) is 13.3 Å². The third kappa shape index (κ3) is 3.44. The molecule has 1 unspecified atom stereocenters. The van der Waals surface area contributed by atoms with E-state index in [4.69, 9.17) is 11.6 Å². The highest BCUT2D eigenvalue weighted by atomic mass is 35.5. The third-order valence-electron chi connectivity index (χ3n) is 4.98. The van der Waals surface area contributed by atoms with Crippen LogP contribution in [0.25, 0.3) is 5.65 Å². The number of fused-ring (bicyclic) bond motifs is 1. The topological polar surface area (TPSA) is 82.8 Å². The van der Waals surface area contributed by atoms with E-state index in [0.717, 1.165) is 32.6 Å². The van der Waals surface area contributed by atoms with Crippen LogP contribution in [0.2, 0.25) is 5.02 Å². The van der Waals surface area contributed by atoms with Gasteiger partial charge in [-0.3, -0.25) is 4.90 Å². The van der Waals surface area contributed by atoms with Gasteiger partial charge in [0.15, 0.2) is 5.65 Å². The van der Waals surface area contributed by atoms with Crippen molar-refractivity contribution in [1.29, 1.82) is 0 Å². The smallest absolute Gasteiger partial charge is 0.246 e. The Bertz CT molecular complexity index is 897. The molecule has 0 aliphatic carbocycles. The predicted octanol–water partition coefficient (Wildman–Crippen LogP) is 0.781. The molecule has 0 aromatic carbocycles. The lowest BCUT2D eigenvalue weighted by Crippen LogP contribution is -2.49. The van der Waals surface area contributed by atoms with Crippen molar-refractivity contribution in [2.24, 2.45) is 0 Å². The largest absolute Gasteiger partial charge is 0.314 e. The van der Waals surface area contributed by atoms with Crippen LogP contribution in [0.15, 0.2) is 17.3 Å². The number of aryl methyl sites for hydroxylation is 1. The summed E-state index contributed by atoms with van der Waals surface area (Å²) in [5, 5.41) is 8.00. The van der Waals surface area contributed by atoms with Gasteiger partial charge in [0.05, 0.1) is 18.1 Å². The Balaban J connectivity index is 0.00000196. The van der Waals surface area contributed by atoms with Gasteiger partial charge in [0, 0.05) is 45.3 Å². The second-order valence-electron chi connectivity index (χ2n) is 6.55. The van der Waals surface area contributed by atoms with Crippen molar-refractivity contribution >= 4 is 39.7 Å². The highest BCUT2D eigenvalue weighted by Gasteiger charge is 2.36. The molecule has 26 heavy (non-hydrogen) atoms. The minimum Gasteiger partial charge on any atom is -0.314 e. The summed E-state index contributed by atoms with van der Waals surface area (Å²) < 4.78 is 29.0. The second-order valence-corrected chi connectivity index (χ2v) is 8.86. The third-order valence-corrected chi connectivity index (χ3v) is 7.24.